The number of epoxide rings is 1. The third kappa shape index (κ3) is 4.96. The van der Waals surface area contributed by atoms with Gasteiger partial charge < -0.3 is 14.4 Å². The summed E-state index contributed by atoms with van der Waals surface area (Å²) in [6.45, 7) is 11.7. The van der Waals surface area contributed by atoms with Crippen LogP contribution >= 0.6 is 0 Å². The van der Waals surface area contributed by atoms with Crippen molar-refractivity contribution in [2.45, 2.75) is 77.9 Å². The van der Waals surface area contributed by atoms with E-state index >= 15 is 0 Å². The number of hydrogen-bond donors (Lipinski definition) is 0. The van der Waals surface area contributed by atoms with Gasteiger partial charge in [-0.15, -0.1) is 0 Å². The molecule has 0 aliphatic carbocycles. The number of piperidine rings is 1. The van der Waals surface area contributed by atoms with E-state index < -0.39 is 29.0 Å². The highest BCUT2D eigenvalue weighted by Gasteiger charge is 2.59. The summed E-state index contributed by atoms with van der Waals surface area (Å²) in [5, 5.41) is 0. The maximum absolute atomic E-state index is 13.1. The molecule has 3 rings (SSSR count). The molecule has 0 radical (unpaired) electrons. The van der Waals surface area contributed by atoms with E-state index in [1.165, 1.54) is 13.1 Å². The average molecular weight is 402 g/mol. The number of rotatable bonds is 1. The Morgan fingerprint density at radius 3 is 2.32 bits per heavy atom. The van der Waals surface area contributed by atoms with Crippen molar-refractivity contribution in [2.24, 2.45) is 0 Å². The van der Waals surface area contributed by atoms with E-state index in [1.807, 2.05) is 13.8 Å². The van der Waals surface area contributed by atoms with Gasteiger partial charge in [-0.25, -0.2) is 4.79 Å². The van der Waals surface area contributed by atoms with Crippen LogP contribution in [-0.4, -0.2) is 40.3 Å². The van der Waals surface area contributed by atoms with Crippen LogP contribution in [0.15, 0.2) is 12.3 Å². The van der Waals surface area contributed by atoms with E-state index in [1.54, 1.807) is 25.7 Å². The molecule has 28 heavy (non-hydrogen) atoms. The summed E-state index contributed by atoms with van der Waals surface area (Å²) in [6, 6.07) is 1.08. The summed E-state index contributed by atoms with van der Waals surface area (Å²) in [5.41, 5.74) is -1.38. The second kappa shape index (κ2) is 7.89. The topological polar surface area (TPSA) is 55.0 Å². The number of aromatic nitrogens is 1. The average Bonchev–Trinajstić information content (AvgIpc) is 3.28. The van der Waals surface area contributed by atoms with Crippen molar-refractivity contribution >= 4 is 6.09 Å². The number of aryl methyl sites for hydroxylation is 1. The molecule has 0 saturated carbocycles. The molecule has 1 atom stereocenters. The standard InChI is InChI=1S/C18H23F3N2O3.C2H6/c1-11-10-22-13(9-12(11)18(19,20)21)14-17(25-14)5-7-23(8-6-17)15(24)26-16(2,3)4;1-2/h9-10,14H,5-8H2,1-4H3;1-2H3. The Morgan fingerprint density at radius 1 is 1.25 bits per heavy atom. The van der Waals surface area contributed by atoms with Gasteiger partial charge in [0.05, 0.1) is 11.3 Å². The largest absolute Gasteiger partial charge is 0.444 e. The molecule has 158 valence electrons. The van der Waals surface area contributed by atoms with Crippen molar-refractivity contribution in [3.63, 3.8) is 0 Å². The number of likely N-dealkylation sites (tertiary alicyclic amines) is 1. The molecule has 0 bridgehead atoms. The highest BCUT2D eigenvalue weighted by atomic mass is 19.4. The second-order valence-electron chi connectivity index (χ2n) is 7.95. The van der Waals surface area contributed by atoms with Gasteiger partial charge in [0.15, 0.2) is 0 Å². The molecule has 1 aromatic heterocycles. The van der Waals surface area contributed by atoms with Crippen molar-refractivity contribution in [2.75, 3.05) is 13.1 Å². The minimum atomic E-state index is -4.41. The quantitative estimate of drug-likeness (QED) is 0.600. The molecule has 2 saturated heterocycles. The predicted molar refractivity (Wildman–Crippen MR) is 98.9 cm³/mol. The van der Waals surface area contributed by atoms with E-state index in [9.17, 15) is 18.0 Å². The van der Waals surface area contributed by atoms with Crippen molar-refractivity contribution in [1.29, 1.82) is 0 Å². The molecular weight excluding hydrogens is 373 g/mol. The molecule has 0 aromatic carbocycles. The van der Waals surface area contributed by atoms with Gasteiger partial charge in [-0.1, -0.05) is 13.8 Å². The summed E-state index contributed by atoms with van der Waals surface area (Å²) < 4.78 is 50.4. The number of hydrogen-bond acceptors (Lipinski definition) is 4. The molecular formula is C20H29F3N2O3. The minimum Gasteiger partial charge on any atom is -0.444 e. The number of carbonyl (C=O) groups is 1. The Labute approximate surface area is 164 Å². The maximum Gasteiger partial charge on any atom is 0.416 e. The van der Waals surface area contributed by atoms with Crippen LogP contribution in [0.25, 0.3) is 0 Å². The van der Waals surface area contributed by atoms with Crippen molar-refractivity contribution in [1.82, 2.24) is 9.88 Å². The molecule has 1 amide bonds. The van der Waals surface area contributed by atoms with E-state index in [0.717, 1.165) is 6.07 Å². The van der Waals surface area contributed by atoms with Crippen molar-refractivity contribution in [3.8, 4) is 0 Å². The zero-order valence-electron chi connectivity index (χ0n) is 17.3. The van der Waals surface area contributed by atoms with Crippen LogP contribution in [0.2, 0.25) is 0 Å². The zero-order valence-corrected chi connectivity index (χ0v) is 17.3. The summed E-state index contributed by atoms with van der Waals surface area (Å²) >= 11 is 0. The van der Waals surface area contributed by atoms with Crippen molar-refractivity contribution in [3.05, 3.63) is 29.1 Å². The number of nitrogens with zero attached hydrogens (tertiary/aromatic N) is 2. The van der Waals surface area contributed by atoms with Crippen molar-refractivity contribution < 1.29 is 27.4 Å². The Balaban J connectivity index is 0.00000136. The van der Waals surface area contributed by atoms with Crippen LogP contribution in [-0.2, 0) is 15.7 Å². The lowest BCUT2D eigenvalue weighted by atomic mass is 9.91. The van der Waals surface area contributed by atoms with Crippen LogP contribution < -0.4 is 0 Å². The molecule has 8 heteroatoms. The van der Waals surface area contributed by atoms with Crippen LogP contribution in [0.4, 0.5) is 18.0 Å². The summed E-state index contributed by atoms with van der Waals surface area (Å²) in [5.74, 6) is 0. The number of alkyl halides is 3. The first-order chi connectivity index (χ1) is 12.9. The van der Waals surface area contributed by atoms with Crippen LogP contribution in [0.3, 0.4) is 0 Å². The van der Waals surface area contributed by atoms with E-state index in [-0.39, 0.29) is 11.7 Å². The van der Waals surface area contributed by atoms with Gasteiger partial charge in [0.2, 0.25) is 0 Å². The van der Waals surface area contributed by atoms with E-state index in [2.05, 4.69) is 4.98 Å². The molecule has 2 aliphatic rings. The normalized spacial score (nSPS) is 21.0. The molecule has 0 N–H and O–H groups in total. The van der Waals surface area contributed by atoms with E-state index in [4.69, 9.17) is 9.47 Å². The Hall–Kier alpha value is -1.83. The first-order valence-electron chi connectivity index (χ1n) is 9.61. The third-order valence-electron chi connectivity index (χ3n) is 4.73. The van der Waals surface area contributed by atoms with Gasteiger partial charge in [-0.2, -0.15) is 13.2 Å². The lowest BCUT2D eigenvalue weighted by molar-refractivity contribution is -0.138. The summed E-state index contributed by atoms with van der Waals surface area (Å²) in [6.07, 6.45) is -2.91. The lowest BCUT2D eigenvalue weighted by Gasteiger charge is -2.32. The summed E-state index contributed by atoms with van der Waals surface area (Å²) in [7, 11) is 0. The maximum atomic E-state index is 13.1. The second-order valence-corrected chi connectivity index (χ2v) is 7.95. The molecule has 5 nitrogen and oxygen atoms in total. The van der Waals surface area contributed by atoms with Crippen LogP contribution in [0.1, 0.15) is 70.4 Å². The number of carbonyl (C=O) groups excluding carboxylic acids is 1. The van der Waals surface area contributed by atoms with Gasteiger partial charge >= 0.3 is 12.3 Å². The molecule has 2 fully saturated rings. The van der Waals surface area contributed by atoms with E-state index in [0.29, 0.717) is 31.6 Å². The fraction of sp³-hybridized carbons (Fsp3) is 0.700. The smallest absolute Gasteiger partial charge is 0.416 e. The van der Waals surface area contributed by atoms with Gasteiger partial charge in [-0.3, -0.25) is 4.98 Å². The van der Waals surface area contributed by atoms with Gasteiger partial charge in [0.1, 0.15) is 17.3 Å². The lowest BCUT2D eigenvalue weighted by Crippen LogP contribution is -2.44. The SMILES string of the molecule is CC.Cc1cnc(C2OC23CCN(C(=O)OC(C)(C)C)CC3)cc1C(F)(F)F. The zero-order chi connectivity index (χ0) is 21.3. The van der Waals surface area contributed by atoms with Crippen LogP contribution in [0.5, 0.6) is 0 Å². The molecule has 1 spiro atoms. The first-order valence-corrected chi connectivity index (χ1v) is 9.61. The minimum absolute atomic E-state index is 0.0932. The number of pyridine rings is 1. The Morgan fingerprint density at radius 2 is 1.82 bits per heavy atom. The number of halogens is 3. The monoisotopic (exact) mass is 402 g/mol. The highest BCUT2D eigenvalue weighted by Crippen LogP contribution is 2.55. The number of ether oxygens (including phenoxy) is 2. The molecule has 1 aromatic rings. The van der Waals surface area contributed by atoms with Gasteiger partial charge in [0, 0.05) is 19.3 Å². The summed E-state index contributed by atoms with van der Waals surface area (Å²) in [4.78, 5) is 17.9. The number of amides is 1. The Kier molecular flexibility index (Phi) is 6.33. The third-order valence-corrected chi connectivity index (χ3v) is 4.73. The predicted octanol–water partition coefficient (Wildman–Crippen LogP) is 5.28. The fourth-order valence-corrected chi connectivity index (χ4v) is 3.29. The Bertz CT molecular complexity index is 706. The molecule has 2 aliphatic heterocycles. The first kappa shape index (κ1) is 22.5. The van der Waals surface area contributed by atoms with Crippen LogP contribution in [0, 0.1) is 6.92 Å². The highest BCUT2D eigenvalue weighted by molar-refractivity contribution is 5.68. The molecule has 1 unspecified atom stereocenters. The van der Waals surface area contributed by atoms with Gasteiger partial charge in [0.25, 0.3) is 0 Å². The molecule has 3 heterocycles. The van der Waals surface area contributed by atoms with Gasteiger partial charge in [-0.05, 0) is 52.2 Å². The fourth-order valence-electron chi connectivity index (χ4n) is 3.29.